The molecule has 14 nitrogen and oxygen atoms in total. The van der Waals surface area contributed by atoms with E-state index in [4.69, 9.17) is 0 Å². The second kappa shape index (κ2) is 23.4. The Balaban J connectivity index is 1.05. The van der Waals surface area contributed by atoms with Gasteiger partial charge in [0.1, 0.15) is 6.04 Å². The van der Waals surface area contributed by atoms with E-state index < -0.39 is 18.2 Å². The molecular formula is C46H63N9O5S3. The van der Waals surface area contributed by atoms with E-state index in [9.17, 15) is 24.3 Å². The molecule has 6 amide bonds. The molecule has 2 aliphatic heterocycles. The Kier molecular flexibility index (Phi) is 17.8. The van der Waals surface area contributed by atoms with Gasteiger partial charge in [-0.15, -0.1) is 22.7 Å². The Bertz CT molecular complexity index is 2080. The summed E-state index contributed by atoms with van der Waals surface area (Å²) in [6.45, 7) is 8.72. The normalized spacial score (nSPS) is 18.9. The van der Waals surface area contributed by atoms with Gasteiger partial charge in [-0.25, -0.2) is 19.6 Å². The Morgan fingerprint density at radius 2 is 1.67 bits per heavy atom. The fourth-order valence-electron chi connectivity index (χ4n) is 7.94. The van der Waals surface area contributed by atoms with Crippen molar-refractivity contribution in [1.82, 2.24) is 41.5 Å². The van der Waals surface area contributed by atoms with E-state index in [0.29, 0.717) is 48.7 Å². The number of unbranched alkanes of at least 4 members (excludes halogenated alkanes) is 1. The summed E-state index contributed by atoms with van der Waals surface area (Å²) in [5.41, 5.74) is 2.87. The summed E-state index contributed by atoms with van der Waals surface area (Å²) >= 11 is 4.85. The first-order valence-corrected chi connectivity index (χ1v) is 24.7. The largest absolute Gasteiger partial charge is 0.391 e. The molecule has 4 heterocycles. The molecule has 0 unspecified atom stereocenters. The van der Waals surface area contributed by atoms with Crippen LogP contribution in [-0.4, -0.2) is 98.2 Å². The van der Waals surface area contributed by atoms with Gasteiger partial charge in [-0.1, -0.05) is 94.8 Å². The number of hydrogen-bond donors (Lipinski definition) is 7. The number of aliphatic hydroxyl groups is 1. The van der Waals surface area contributed by atoms with Crippen molar-refractivity contribution >= 4 is 63.4 Å². The standard InChI is InChI=1S/C46H63N9O5S3/c1-28(2)40(54-46(60)55(5)25-33-26-62-43(50-33)29(3)4)42(58)49-32(20-30-14-8-6-9-15-30)22-37(56)35(21-31-16-10-7-11-17-31)47-23-34-24-48-45(63-34)52-39(57)19-13-12-18-38-41-36(27-61-38)51-44(59)53-41/h6-11,14-17,24,26,28-29,32,35-38,40-41,47,56H,12-13,18-23,25,27H2,1-5H3,(H,49,58)(H,54,60)(H,48,52,57)(H2,51,53,59)/t32-,35-,36-,37-,38-,40+,41-/m0/s1. The van der Waals surface area contributed by atoms with Gasteiger partial charge in [-0.3, -0.25) is 9.59 Å². The van der Waals surface area contributed by atoms with Crippen LogP contribution in [0.2, 0.25) is 0 Å². The number of nitrogens with zero attached hydrogens (tertiary/aromatic N) is 3. The molecule has 0 aliphatic carbocycles. The number of thioether (sulfide) groups is 1. The first-order chi connectivity index (χ1) is 30.3. The van der Waals surface area contributed by atoms with E-state index in [1.54, 1.807) is 24.6 Å². The van der Waals surface area contributed by atoms with Crippen molar-refractivity contribution in [3.63, 3.8) is 0 Å². The summed E-state index contributed by atoms with van der Waals surface area (Å²) < 4.78 is 0. The fourth-order valence-corrected chi connectivity index (χ4v) is 11.1. The summed E-state index contributed by atoms with van der Waals surface area (Å²) in [7, 11) is 1.70. The maximum absolute atomic E-state index is 14.1. The first kappa shape index (κ1) is 47.9. The summed E-state index contributed by atoms with van der Waals surface area (Å²) in [6, 6.07) is 18.1. The van der Waals surface area contributed by atoms with Crippen LogP contribution in [0.15, 0.2) is 72.2 Å². The van der Waals surface area contributed by atoms with Crippen LogP contribution < -0.4 is 31.9 Å². The van der Waals surface area contributed by atoms with E-state index in [-0.39, 0.29) is 54.3 Å². The van der Waals surface area contributed by atoms with Crippen LogP contribution in [0.5, 0.6) is 0 Å². The number of aromatic nitrogens is 2. The van der Waals surface area contributed by atoms with Gasteiger partial charge in [0, 0.05) is 65.5 Å². The monoisotopic (exact) mass is 917 g/mol. The number of fused-ring (bicyclic) bond motifs is 1. The Hall–Kier alpha value is -4.55. The number of nitrogens with one attached hydrogen (secondary N) is 6. The zero-order chi connectivity index (χ0) is 44.9. The quantitative estimate of drug-likeness (QED) is 0.0325. The summed E-state index contributed by atoms with van der Waals surface area (Å²) in [5.74, 6) is 0.621. The van der Waals surface area contributed by atoms with E-state index in [1.807, 2.05) is 91.7 Å². The summed E-state index contributed by atoms with van der Waals surface area (Å²) in [5, 5.41) is 34.6. The van der Waals surface area contributed by atoms with E-state index >= 15 is 0 Å². The van der Waals surface area contributed by atoms with Crippen molar-refractivity contribution in [1.29, 1.82) is 0 Å². The number of carbonyl (C=O) groups excluding carboxylic acids is 4. The molecule has 2 aromatic carbocycles. The lowest BCUT2D eigenvalue weighted by Gasteiger charge is -2.31. The van der Waals surface area contributed by atoms with Crippen molar-refractivity contribution in [2.45, 2.75) is 133 Å². The third-order valence-electron chi connectivity index (χ3n) is 11.4. The van der Waals surface area contributed by atoms with Gasteiger partial charge in [-0.2, -0.15) is 11.8 Å². The molecule has 0 radical (unpaired) electrons. The average Bonchev–Trinajstić information content (AvgIpc) is 4.07. The smallest absolute Gasteiger partial charge is 0.318 e. The Morgan fingerprint density at radius 1 is 0.952 bits per heavy atom. The van der Waals surface area contributed by atoms with Crippen LogP contribution in [-0.2, 0) is 35.5 Å². The second-order valence-electron chi connectivity index (χ2n) is 17.3. The lowest BCUT2D eigenvalue weighted by atomic mass is 9.93. The number of rotatable bonds is 23. The van der Waals surface area contributed by atoms with Gasteiger partial charge in [0.25, 0.3) is 0 Å². The summed E-state index contributed by atoms with van der Waals surface area (Å²) in [4.78, 5) is 63.6. The first-order valence-electron chi connectivity index (χ1n) is 22.0. The third-order valence-corrected chi connectivity index (χ3v) is 15.0. The van der Waals surface area contributed by atoms with Gasteiger partial charge in [0.15, 0.2) is 5.13 Å². The molecule has 6 rings (SSSR count). The number of aliphatic hydroxyl groups excluding tert-OH is 1. The summed E-state index contributed by atoms with van der Waals surface area (Å²) in [6.07, 6.45) is 5.14. The molecule has 4 aromatic rings. The van der Waals surface area contributed by atoms with Gasteiger partial charge in [0.2, 0.25) is 11.8 Å². The molecule has 0 spiro atoms. The topological polar surface area (TPSA) is 190 Å². The highest BCUT2D eigenvalue weighted by molar-refractivity contribution is 8.00. The van der Waals surface area contributed by atoms with Gasteiger partial charge in [0.05, 0.1) is 35.4 Å². The second-order valence-corrected chi connectivity index (χ2v) is 20.6. The van der Waals surface area contributed by atoms with E-state index in [2.05, 4.69) is 55.7 Å². The number of thiazole rings is 2. The van der Waals surface area contributed by atoms with Crippen molar-refractivity contribution in [3.05, 3.63) is 98.9 Å². The van der Waals surface area contributed by atoms with Crippen LogP contribution in [0, 0.1) is 5.92 Å². The molecule has 63 heavy (non-hydrogen) atoms. The molecule has 7 N–H and O–H groups in total. The lowest BCUT2D eigenvalue weighted by Crippen LogP contribution is -2.55. The third kappa shape index (κ3) is 14.5. The van der Waals surface area contributed by atoms with Crippen LogP contribution in [0.25, 0.3) is 0 Å². The number of benzene rings is 2. The molecule has 2 aliphatic rings. The predicted octanol–water partition coefficient (Wildman–Crippen LogP) is 6.43. The fraction of sp³-hybridized carbons (Fsp3) is 0.522. The maximum atomic E-state index is 14.1. The van der Waals surface area contributed by atoms with Gasteiger partial charge >= 0.3 is 12.1 Å². The van der Waals surface area contributed by atoms with Crippen molar-refractivity contribution in [2.75, 3.05) is 18.1 Å². The Labute approximate surface area is 383 Å². The van der Waals surface area contributed by atoms with Crippen LogP contribution in [0.1, 0.15) is 92.4 Å². The highest BCUT2D eigenvalue weighted by atomic mass is 32.2. The zero-order valence-corrected chi connectivity index (χ0v) is 39.3. The SMILES string of the molecule is CC(C)c1nc(CN(C)C(=O)N[C@@H](C(=O)N[C@@H](Cc2ccccc2)C[C@H](O)[C@H](Cc2ccccc2)NCc2cnc(NC(=O)CCCC[C@@H]3SC[C@@H]4NC(=O)N[C@@H]43)s2)C(C)C)cs1. The lowest BCUT2D eigenvalue weighted by molar-refractivity contribution is -0.125. The maximum Gasteiger partial charge on any atom is 0.318 e. The van der Waals surface area contributed by atoms with Crippen LogP contribution in [0.4, 0.5) is 14.7 Å². The molecule has 7 atom stereocenters. The molecule has 2 aromatic heterocycles. The molecule has 0 bridgehead atoms. The number of anilines is 1. The van der Waals surface area contributed by atoms with E-state index in [0.717, 1.165) is 51.7 Å². The molecule has 2 fully saturated rings. The molecular weight excluding hydrogens is 855 g/mol. The number of urea groups is 2. The Morgan fingerprint density at radius 3 is 2.35 bits per heavy atom. The minimum Gasteiger partial charge on any atom is -0.391 e. The zero-order valence-electron chi connectivity index (χ0n) is 36.8. The van der Waals surface area contributed by atoms with Gasteiger partial charge < -0.3 is 41.9 Å². The predicted molar refractivity (Wildman–Crippen MR) is 253 cm³/mol. The number of carbonyl (C=O) groups is 4. The number of amides is 6. The van der Waals surface area contributed by atoms with Crippen molar-refractivity contribution in [3.8, 4) is 0 Å². The molecule has 2 saturated heterocycles. The van der Waals surface area contributed by atoms with Crippen molar-refractivity contribution < 1.29 is 24.3 Å². The highest BCUT2D eigenvalue weighted by Gasteiger charge is 2.42. The van der Waals surface area contributed by atoms with E-state index in [1.165, 1.54) is 16.2 Å². The molecule has 0 saturated carbocycles. The van der Waals surface area contributed by atoms with Gasteiger partial charge in [-0.05, 0) is 49.1 Å². The highest BCUT2D eigenvalue weighted by Crippen LogP contribution is 2.33. The van der Waals surface area contributed by atoms with Crippen molar-refractivity contribution in [2.24, 2.45) is 5.92 Å². The van der Waals surface area contributed by atoms with Crippen LogP contribution >= 0.6 is 34.4 Å². The minimum absolute atomic E-state index is 0.0809. The van der Waals surface area contributed by atoms with Crippen LogP contribution in [0.3, 0.4) is 0 Å². The minimum atomic E-state index is -0.868. The average molecular weight is 918 g/mol. The molecule has 17 heteroatoms. The number of hydrogen-bond acceptors (Lipinski definition) is 11. The molecule has 340 valence electrons.